The van der Waals surface area contributed by atoms with E-state index in [9.17, 15) is 8.42 Å². The molecule has 2 atom stereocenters. The molecule has 3 aliphatic rings. The highest BCUT2D eigenvalue weighted by Gasteiger charge is 2.50. The number of hydrogen-bond acceptors (Lipinski definition) is 3. The van der Waals surface area contributed by atoms with Crippen LogP contribution in [-0.2, 0) is 16.6 Å². The van der Waals surface area contributed by atoms with Crippen molar-refractivity contribution in [2.75, 3.05) is 13.1 Å². The van der Waals surface area contributed by atoms with Crippen molar-refractivity contribution in [2.45, 2.75) is 56.5 Å². The summed E-state index contributed by atoms with van der Waals surface area (Å²) in [5, 5.41) is -0.0719. The van der Waals surface area contributed by atoms with E-state index in [0.717, 1.165) is 45.3 Å². The zero-order valence-corrected chi connectivity index (χ0v) is 13.9. The van der Waals surface area contributed by atoms with Crippen LogP contribution in [0.1, 0.15) is 36.8 Å². The third kappa shape index (κ3) is 2.49. The van der Waals surface area contributed by atoms with E-state index >= 15 is 0 Å². The van der Waals surface area contributed by atoms with Gasteiger partial charge in [0.1, 0.15) is 0 Å². The van der Waals surface area contributed by atoms with Crippen molar-refractivity contribution in [3.05, 3.63) is 35.4 Å². The summed E-state index contributed by atoms with van der Waals surface area (Å²) in [5.74, 6) is 0. The minimum Gasteiger partial charge on any atom is -0.294 e. The van der Waals surface area contributed by atoms with E-state index in [1.54, 1.807) is 0 Å². The smallest absolute Gasteiger partial charge is 0.217 e. The molecule has 0 bridgehead atoms. The van der Waals surface area contributed by atoms with Crippen molar-refractivity contribution < 1.29 is 8.42 Å². The van der Waals surface area contributed by atoms with Gasteiger partial charge in [0, 0.05) is 31.7 Å². The lowest BCUT2D eigenvalue weighted by Gasteiger charge is -2.25. The van der Waals surface area contributed by atoms with Crippen LogP contribution in [0, 0.1) is 6.92 Å². The zero-order chi connectivity index (χ0) is 15.3. The van der Waals surface area contributed by atoms with Gasteiger partial charge in [0.05, 0.1) is 5.25 Å². The van der Waals surface area contributed by atoms with Crippen molar-refractivity contribution in [3.8, 4) is 0 Å². The Bertz CT molecular complexity index is 652. The number of nitrogens with zero attached hydrogens (tertiary/aromatic N) is 2. The fourth-order valence-electron chi connectivity index (χ4n) is 4.03. The summed E-state index contributed by atoms with van der Waals surface area (Å²) >= 11 is 0. The molecule has 5 heteroatoms. The second kappa shape index (κ2) is 5.32. The van der Waals surface area contributed by atoms with Crippen molar-refractivity contribution in [1.29, 1.82) is 0 Å². The molecule has 2 saturated heterocycles. The number of sulfonamides is 1. The quantitative estimate of drug-likeness (QED) is 0.853. The molecule has 1 saturated carbocycles. The first-order valence-electron chi connectivity index (χ1n) is 8.36. The van der Waals surface area contributed by atoms with Gasteiger partial charge < -0.3 is 0 Å². The normalized spacial score (nSPS) is 29.9. The summed E-state index contributed by atoms with van der Waals surface area (Å²) in [5.41, 5.74) is 2.61. The van der Waals surface area contributed by atoms with Crippen LogP contribution in [0.25, 0.3) is 0 Å². The largest absolute Gasteiger partial charge is 0.294 e. The Morgan fingerprint density at radius 3 is 2.36 bits per heavy atom. The molecular weight excluding hydrogens is 296 g/mol. The van der Waals surface area contributed by atoms with E-state index in [1.165, 1.54) is 11.1 Å². The van der Waals surface area contributed by atoms with E-state index in [2.05, 4.69) is 36.1 Å². The molecule has 1 aliphatic carbocycles. The Hall–Kier alpha value is -0.910. The molecule has 2 aliphatic heterocycles. The van der Waals surface area contributed by atoms with E-state index < -0.39 is 10.0 Å². The van der Waals surface area contributed by atoms with E-state index in [0.29, 0.717) is 6.04 Å². The van der Waals surface area contributed by atoms with E-state index in [4.69, 9.17) is 0 Å². The summed E-state index contributed by atoms with van der Waals surface area (Å²) in [6.45, 7) is 4.78. The third-order valence-corrected chi connectivity index (χ3v) is 7.84. The Balaban J connectivity index is 1.47. The van der Waals surface area contributed by atoms with E-state index in [-0.39, 0.29) is 11.3 Å². The van der Waals surface area contributed by atoms with Gasteiger partial charge in [-0.05, 0) is 38.2 Å². The molecule has 0 amide bonds. The molecule has 0 radical (unpaired) electrons. The summed E-state index contributed by atoms with van der Waals surface area (Å²) in [4.78, 5) is 2.48. The first-order valence-corrected chi connectivity index (χ1v) is 9.86. The van der Waals surface area contributed by atoms with Crippen LogP contribution in [0.4, 0.5) is 0 Å². The highest BCUT2D eigenvalue weighted by atomic mass is 32.2. The van der Waals surface area contributed by atoms with Gasteiger partial charge >= 0.3 is 0 Å². The molecule has 120 valence electrons. The Labute approximate surface area is 133 Å². The zero-order valence-electron chi connectivity index (χ0n) is 13.1. The van der Waals surface area contributed by atoms with Gasteiger partial charge in [-0.2, -0.15) is 4.31 Å². The molecule has 22 heavy (non-hydrogen) atoms. The van der Waals surface area contributed by atoms with Gasteiger partial charge in [-0.3, -0.25) is 4.90 Å². The summed E-state index contributed by atoms with van der Waals surface area (Å²) in [6.07, 6.45) is 3.71. The fourth-order valence-corrected chi connectivity index (χ4v) is 6.13. The van der Waals surface area contributed by atoms with Crippen LogP contribution >= 0.6 is 0 Å². The molecule has 2 heterocycles. The molecule has 3 fully saturated rings. The number of aryl methyl sites for hydroxylation is 1. The van der Waals surface area contributed by atoms with Crippen LogP contribution in [0.15, 0.2) is 24.3 Å². The molecular formula is C17H24N2O2S. The average molecular weight is 320 g/mol. The van der Waals surface area contributed by atoms with Gasteiger partial charge in [0.15, 0.2) is 0 Å². The lowest BCUT2D eigenvalue weighted by atomic mass is 10.1. The fraction of sp³-hybridized carbons (Fsp3) is 0.647. The summed E-state index contributed by atoms with van der Waals surface area (Å²) in [7, 11) is -3.01. The van der Waals surface area contributed by atoms with Gasteiger partial charge in [0.2, 0.25) is 10.0 Å². The Kier molecular flexibility index (Phi) is 3.55. The molecule has 0 N–H and O–H groups in total. The highest BCUT2D eigenvalue weighted by Crippen LogP contribution is 2.39. The van der Waals surface area contributed by atoms with Gasteiger partial charge in [-0.15, -0.1) is 0 Å². The predicted molar refractivity (Wildman–Crippen MR) is 87.0 cm³/mol. The monoisotopic (exact) mass is 320 g/mol. The first kappa shape index (κ1) is 14.7. The average Bonchev–Trinajstić information content (AvgIpc) is 3.16. The molecule has 4 nitrogen and oxygen atoms in total. The predicted octanol–water partition coefficient (Wildman–Crippen LogP) is 2.14. The van der Waals surface area contributed by atoms with Crippen molar-refractivity contribution in [1.82, 2.24) is 9.21 Å². The van der Waals surface area contributed by atoms with Crippen molar-refractivity contribution >= 4 is 10.0 Å². The standard InChI is InChI=1S/C17H24N2O2S/c1-13-2-4-14(5-3-13)12-18-10-8-17-16(18)9-11-19(17)22(20,21)15-6-7-15/h2-5,15-17H,6-12H2,1H3/t16-,17+/m0/s1. The maximum absolute atomic E-state index is 12.5. The van der Waals surface area contributed by atoms with Crippen LogP contribution in [0.5, 0.6) is 0 Å². The number of fused-ring (bicyclic) bond motifs is 1. The topological polar surface area (TPSA) is 40.6 Å². The van der Waals surface area contributed by atoms with Crippen molar-refractivity contribution in [3.63, 3.8) is 0 Å². The van der Waals surface area contributed by atoms with Gasteiger partial charge in [0.25, 0.3) is 0 Å². The second-order valence-electron chi connectivity index (χ2n) is 7.02. The van der Waals surface area contributed by atoms with Gasteiger partial charge in [-0.25, -0.2) is 8.42 Å². The molecule has 1 aromatic carbocycles. The maximum atomic E-state index is 12.5. The van der Waals surface area contributed by atoms with Crippen LogP contribution in [0.2, 0.25) is 0 Å². The molecule has 0 aromatic heterocycles. The van der Waals surface area contributed by atoms with Crippen LogP contribution < -0.4 is 0 Å². The maximum Gasteiger partial charge on any atom is 0.217 e. The molecule has 0 unspecified atom stereocenters. The lowest BCUT2D eigenvalue weighted by Crippen LogP contribution is -2.41. The second-order valence-corrected chi connectivity index (χ2v) is 9.19. The number of benzene rings is 1. The lowest BCUT2D eigenvalue weighted by molar-refractivity contribution is 0.240. The van der Waals surface area contributed by atoms with Gasteiger partial charge in [-0.1, -0.05) is 29.8 Å². The van der Waals surface area contributed by atoms with Crippen LogP contribution in [-0.4, -0.2) is 48.0 Å². The third-order valence-electron chi connectivity index (χ3n) is 5.42. The van der Waals surface area contributed by atoms with Crippen LogP contribution in [0.3, 0.4) is 0 Å². The number of rotatable bonds is 4. The molecule has 4 rings (SSSR count). The highest BCUT2D eigenvalue weighted by molar-refractivity contribution is 7.90. The summed E-state index contributed by atoms with van der Waals surface area (Å²) < 4.78 is 26.9. The first-order chi connectivity index (χ1) is 10.6. The van der Waals surface area contributed by atoms with E-state index in [1.807, 2.05) is 4.31 Å². The number of hydrogen-bond donors (Lipinski definition) is 0. The molecule has 1 aromatic rings. The SMILES string of the molecule is Cc1ccc(CN2CC[C@@H]3[C@@H]2CCN3S(=O)(=O)C2CC2)cc1. The van der Waals surface area contributed by atoms with Crippen molar-refractivity contribution in [2.24, 2.45) is 0 Å². The number of likely N-dealkylation sites (tertiary alicyclic amines) is 1. The summed E-state index contributed by atoms with van der Waals surface area (Å²) in [6, 6.07) is 9.32. The Morgan fingerprint density at radius 2 is 1.68 bits per heavy atom. The Morgan fingerprint density at radius 1 is 1.00 bits per heavy atom. The minimum absolute atomic E-state index is 0.0719. The minimum atomic E-state index is -3.01. The molecule has 0 spiro atoms.